The summed E-state index contributed by atoms with van der Waals surface area (Å²) in [5, 5.41) is 0. The molecule has 1 aliphatic rings. The third kappa shape index (κ3) is 2.39. The molecule has 1 heterocycles. The van der Waals surface area contributed by atoms with Crippen molar-refractivity contribution in [1.29, 1.82) is 0 Å². The minimum atomic E-state index is 0.476. The number of imidazole rings is 1. The first kappa shape index (κ1) is 14.4. The van der Waals surface area contributed by atoms with Crippen molar-refractivity contribution in [2.45, 2.75) is 45.0 Å². The van der Waals surface area contributed by atoms with Gasteiger partial charge in [-0.3, -0.25) is 0 Å². The summed E-state index contributed by atoms with van der Waals surface area (Å²) in [6, 6.07) is 6.86. The van der Waals surface area contributed by atoms with Gasteiger partial charge in [0.05, 0.1) is 16.9 Å². The Balaban J connectivity index is 2.13. The first-order valence-corrected chi connectivity index (χ1v) is 8.67. The Morgan fingerprint density at radius 1 is 1.35 bits per heavy atom. The molecule has 3 unspecified atom stereocenters. The third-order valence-electron chi connectivity index (χ3n) is 4.84. The molecule has 0 N–H and O–H groups in total. The van der Waals surface area contributed by atoms with E-state index in [0.717, 1.165) is 21.7 Å². The van der Waals surface area contributed by atoms with Gasteiger partial charge in [0.2, 0.25) is 0 Å². The Morgan fingerprint density at radius 3 is 2.90 bits per heavy atom. The van der Waals surface area contributed by atoms with Crippen molar-refractivity contribution in [1.82, 2.24) is 9.55 Å². The lowest BCUT2D eigenvalue weighted by Gasteiger charge is -2.36. The van der Waals surface area contributed by atoms with Gasteiger partial charge in [0.1, 0.15) is 5.82 Å². The minimum Gasteiger partial charge on any atom is -0.324 e. The van der Waals surface area contributed by atoms with E-state index in [9.17, 15) is 0 Å². The van der Waals surface area contributed by atoms with E-state index < -0.39 is 0 Å². The second-order valence-corrected chi connectivity index (χ2v) is 7.18. The van der Waals surface area contributed by atoms with Gasteiger partial charge < -0.3 is 4.57 Å². The Bertz CT molecular complexity index is 622. The summed E-state index contributed by atoms with van der Waals surface area (Å²) in [5.74, 6) is 2.92. The van der Waals surface area contributed by atoms with Crippen LogP contribution >= 0.6 is 27.5 Å². The molecule has 0 saturated heterocycles. The summed E-state index contributed by atoms with van der Waals surface area (Å²) < 4.78 is 3.47. The van der Waals surface area contributed by atoms with Gasteiger partial charge in [-0.25, -0.2) is 4.98 Å². The molecular weight excluding hydrogens is 336 g/mol. The molecule has 2 aromatic rings. The van der Waals surface area contributed by atoms with Gasteiger partial charge in [-0.05, 0) is 36.5 Å². The highest BCUT2D eigenvalue weighted by Crippen LogP contribution is 2.40. The summed E-state index contributed by atoms with van der Waals surface area (Å²) in [6.45, 7) is 4.74. The van der Waals surface area contributed by atoms with Crippen molar-refractivity contribution in [3.05, 3.63) is 28.5 Å². The molecule has 0 amide bonds. The summed E-state index contributed by atoms with van der Waals surface area (Å²) in [4.78, 5) is 4.73. The van der Waals surface area contributed by atoms with Crippen molar-refractivity contribution in [2.24, 2.45) is 11.8 Å². The van der Waals surface area contributed by atoms with E-state index in [1.807, 2.05) is 0 Å². The van der Waals surface area contributed by atoms with Crippen LogP contribution in [0.1, 0.15) is 45.0 Å². The SMILES string of the molecule is CC1CCCC(n2c(CCl)nc3cc(Br)ccc32)C1C. The highest BCUT2D eigenvalue weighted by atomic mass is 79.9. The van der Waals surface area contributed by atoms with Crippen LogP contribution in [0.3, 0.4) is 0 Å². The molecule has 2 nitrogen and oxygen atoms in total. The smallest absolute Gasteiger partial charge is 0.125 e. The van der Waals surface area contributed by atoms with Crippen molar-refractivity contribution in [2.75, 3.05) is 0 Å². The second-order valence-electron chi connectivity index (χ2n) is 6.00. The number of rotatable bonds is 2. The molecular formula is C16H20BrClN2. The van der Waals surface area contributed by atoms with E-state index in [1.165, 1.54) is 24.8 Å². The highest BCUT2D eigenvalue weighted by molar-refractivity contribution is 9.10. The molecule has 3 atom stereocenters. The minimum absolute atomic E-state index is 0.476. The van der Waals surface area contributed by atoms with Crippen molar-refractivity contribution < 1.29 is 0 Å². The van der Waals surface area contributed by atoms with Crippen molar-refractivity contribution in [3.8, 4) is 0 Å². The number of benzene rings is 1. The summed E-state index contributed by atoms with van der Waals surface area (Å²) in [5.41, 5.74) is 2.26. The van der Waals surface area contributed by atoms with E-state index in [1.54, 1.807) is 0 Å². The number of hydrogen-bond acceptors (Lipinski definition) is 1. The van der Waals surface area contributed by atoms with Gasteiger partial charge in [-0.1, -0.05) is 42.6 Å². The fourth-order valence-electron chi connectivity index (χ4n) is 3.50. The van der Waals surface area contributed by atoms with Crippen LogP contribution in [0.25, 0.3) is 11.0 Å². The fraction of sp³-hybridized carbons (Fsp3) is 0.562. The van der Waals surface area contributed by atoms with Crippen LogP contribution in [0, 0.1) is 11.8 Å². The van der Waals surface area contributed by atoms with Crippen LogP contribution in [-0.4, -0.2) is 9.55 Å². The van der Waals surface area contributed by atoms with Gasteiger partial charge in [-0.2, -0.15) is 0 Å². The van der Waals surface area contributed by atoms with E-state index in [-0.39, 0.29) is 0 Å². The van der Waals surface area contributed by atoms with Crippen molar-refractivity contribution >= 4 is 38.6 Å². The first-order valence-electron chi connectivity index (χ1n) is 7.34. The maximum absolute atomic E-state index is 6.15. The molecule has 0 bridgehead atoms. The molecule has 0 spiro atoms. The molecule has 1 saturated carbocycles. The predicted molar refractivity (Wildman–Crippen MR) is 88.2 cm³/mol. The topological polar surface area (TPSA) is 17.8 Å². The van der Waals surface area contributed by atoms with Crippen LogP contribution in [-0.2, 0) is 5.88 Å². The van der Waals surface area contributed by atoms with Gasteiger partial charge >= 0.3 is 0 Å². The number of hydrogen-bond donors (Lipinski definition) is 0. The number of fused-ring (bicyclic) bond motifs is 1. The lowest BCUT2D eigenvalue weighted by atomic mass is 9.78. The van der Waals surface area contributed by atoms with Crippen LogP contribution < -0.4 is 0 Å². The van der Waals surface area contributed by atoms with Gasteiger partial charge in [0.25, 0.3) is 0 Å². The zero-order chi connectivity index (χ0) is 14.3. The molecule has 1 aliphatic carbocycles. The van der Waals surface area contributed by atoms with Gasteiger partial charge in [-0.15, -0.1) is 11.6 Å². The summed E-state index contributed by atoms with van der Waals surface area (Å²) >= 11 is 9.67. The first-order chi connectivity index (χ1) is 9.61. The normalized spacial score (nSPS) is 27.1. The quantitative estimate of drug-likeness (QED) is 0.647. The molecule has 108 valence electrons. The zero-order valence-electron chi connectivity index (χ0n) is 11.9. The summed E-state index contributed by atoms with van der Waals surface area (Å²) in [7, 11) is 0. The number of alkyl halides is 1. The molecule has 20 heavy (non-hydrogen) atoms. The van der Waals surface area contributed by atoms with E-state index >= 15 is 0 Å². The molecule has 0 radical (unpaired) electrons. The van der Waals surface area contributed by atoms with E-state index in [2.05, 4.69) is 52.5 Å². The van der Waals surface area contributed by atoms with Crippen LogP contribution in [0.2, 0.25) is 0 Å². The zero-order valence-corrected chi connectivity index (χ0v) is 14.3. The third-order valence-corrected chi connectivity index (χ3v) is 5.57. The number of halogens is 2. The molecule has 3 rings (SSSR count). The molecule has 1 aromatic carbocycles. The van der Waals surface area contributed by atoms with E-state index in [0.29, 0.717) is 17.8 Å². The average molecular weight is 356 g/mol. The Labute approximate surface area is 133 Å². The van der Waals surface area contributed by atoms with Crippen molar-refractivity contribution in [3.63, 3.8) is 0 Å². The Kier molecular flexibility index (Phi) is 4.09. The highest BCUT2D eigenvalue weighted by Gasteiger charge is 2.30. The standard InChI is InChI=1S/C16H20BrClN2/c1-10-4-3-5-14(11(10)2)20-15-7-6-12(17)8-13(15)19-16(20)9-18/h6-8,10-11,14H,3-5,9H2,1-2H3. The monoisotopic (exact) mass is 354 g/mol. The Morgan fingerprint density at radius 2 is 2.15 bits per heavy atom. The van der Waals surface area contributed by atoms with Gasteiger partial charge in [0, 0.05) is 10.5 Å². The molecule has 1 fully saturated rings. The number of nitrogens with zero attached hydrogens (tertiary/aromatic N) is 2. The average Bonchev–Trinajstić information content (AvgIpc) is 2.79. The van der Waals surface area contributed by atoms with E-state index in [4.69, 9.17) is 16.6 Å². The summed E-state index contributed by atoms with van der Waals surface area (Å²) in [6.07, 6.45) is 3.87. The van der Waals surface area contributed by atoms with Crippen LogP contribution in [0.4, 0.5) is 0 Å². The molecule has 0 aliphatic heterocycles. The fourth-order valence-corrected chi connectivity index (χ4v) is 4.04. The molecule has 1 aromatic heterocycles. The lowest BCUT2D eigenvalue weighted by Crippen LogP contribution is -2.27. The largest absolute Gasteiger partial charge is 0.324 e. The van der Waals surface area contributed by atoms with Crippen LogP contribution in [0.5, 0.6) is 0 Å². The van der Waals surface area contributed by atoms with Crippen LogP contribution in [0.15, 0.2) is 22.7 Å². The maximum atomic E-state index is 6.15. The lowest BCUT2D eigenvalue weighted by molar-refractivity contribution is 0.187. The maximum Gasteiger partial charge on any atom is 0.125 e. The second kappa shape index (κ2) is 5.69. The van der Waals surface area contributed by atoms with Gasteiger partial charge in [0.15, 0.2) is 0 Å². The predicted octanol–water partition coefficient (Wildman–Crippen LogP) is 5.53. The molecule has 4 heteroatoms. The number of aromatic nitrogens is 2. The Hall–Kier alpha value is -0.540.